The second kappa shape index (κ2) is 7.48. The summed E-state index contributed by atoms with van der Waals surface area (Å²) in [5.74, 6) is -0.211. The molecule has 20 heavy (non-hydrogen) atoms. The summed E-state index contributed by atoms with van der Waals surface area (Å²) in [6, 6.07) is 6.68. The lowest BCUT2D eigenvalue weighted by Crippen LogP contribution is -3.20. The Morgan fingerprint density at radius 1 is 1.20 bits per heavy atom. The molecule has 1 aromatic carbocycles. The number of amides is 1. The summed E-state index contributed by atoms with van der Waals surface area (Å²) in [5, 5.41) is 3.47. The van der Waals surface area contributed by atoms with Crippen LogP contribution in [0.5, 0.6) is 0 Å². The van der Waals surface area contributed by atoms with Crippen molar-refractivity contribution < 1.29 is 14.4 Å². The zero-order valence-electron chi connectivity index (χ0n) is 10.7. The highest BCUT2D eigenvalue weighted by Crippen LogP contribution is 2.10. The van der Waals surface area contributed by atoms with E-state index < -0.39 is 4.84 Å². The molecule has 0 saturated carbocycles. The molecule has 0 aliphatic carbocycles. The van der Waals surface area contributed by atoms with Gasteiger partial charge in [0.25, 0.3) is 5.91 Å². The average molecular weight is 339 g/mol. The minimum absolute atomic E-state index is 0.211. The number of morpholine rings is 1. The molecule has 110 valence electrons. The van der Waals surface area contributed by atoms with Crippen molar-refractivity contribution in [1.82, 2.24) is 5.32 Å². The van der Waals surface area contributed by atoms with E-state index in [0.29, 0.717) is 23.8 Å². The van der Waals surface area contributed by atoms with Gasteiger partial charge in [-0.2, -0.15) is 0 Å². The number of hydrogen-bond acceptors (Lipinski definition) is 2. The van der Waals surface area contributed by atoms with Crippen LogP contribution in [0.2, 0.25) is 5.02 Å². The van der Waals surface area contributed by atoms with Gasteiger partial charge in [-0.15, -0.1) is 0 Å². The number of carbonyl (C=O) groups is 1. The highest BCUT2D eigenvalue weighted by Gasteiger charge is 2.31. The number of carbonyl (C=O) groups excluding carboxylic acids is 1. The van der Waals surface area contributed by atoms with Crippen LogP contribution in [0.3, 0.4) is 0 Å². The third-order valence-electron chi connectivity index (χ3n) is 3.22. The molecule has 0 spiro atoms. The monoisotopic (exact) mass is 337 g/mol. The van der Waals surface area contributed by atoms with E-state index in [-0.39, 0.29) is 12.1 Å². The Labute approximate surface area is 132 Å². The fraction of sp³-hybridized carbons (Fsp3) is 0.462. The summed E-state index contributed by atoms with van der Waals surface area (Å²) in [6.07, 6.45) is -0.356. The van der Waals surface area contributed by atoms with Crippen LogP contribution in [0.15, 0.2) is 24.3 Å². The van der Waals surface area contributed by atoms with E-state index in [1.54, 1.807) is 24.3 Å². The molecule has 0 unspecified atom stereocenters. The standard InChI is InChI=1S/C13H15Cl3N2O2/c14-10-3-1-9(2-4-10)13(19)17-12(11(15)16)18-5-7-20-8-6-18/h1-4,11-12H,5-8H2,(H,17,19)/p+1/t12-/m0/s1. The van der Waals surface area contributed by atoms with E-state index in [2.05, 4.69) is 5.32 Å². The van der Waals surface area contributed by atoms with E-state index in [9.17, 15) is 4.79 Å². The summed E-state index contributed by atoms with van der Waals surface area (Å²) < 4.78 is 5.30. The fourth-order valence-electron chi connectivity index (χ4n) is 2.11. The van der Waals surface area contributed by atoms with Crippen molar-refractivity contribution in [1.29, 1.82) is 0 Å². The van der Waals surface area contributed by atoms with Crippen LogP contribution in [0.1, 0.15) is 10.4 Å². The van der Waals surface area contributed by atoms with E-state index >= 15 is 0 Å². The molecular weight excluding hydrogens is 323 g/mol. The van der Waals surface area contributed by atoms with Crippen molar-refractivity contribution in [2.75, 3.05) is 26.3 Å². The quantitative estimate of drug-likeness (QED) is 0.808. The summed E-state index contributed by atoms with van der Waals surface area (Å²) in [5.41, 5.74) is 0.529. The minimum atomic E-state index is -0.681. The molecule has 1 saturated heterocycles. The van der Waals surface area contributed by atoms with Crippen LogP contribution < -0.4 is 10.2 Å². The summed E-state index contributed by atoms with van der Waals surface area (Å²) in [4.78, 5) is 12.6. The Hall–Kier alpha value is -0.520. The molecule has 1 aromatic rings. The van der Waals surface area contributed by atoms with Gasteiger partial charge in [0.1, 0.15) is 13.1 Å². The lowest BCUT2D eigenvalue weighted by Gasteiger charge is -2.32. The van der Waals surface area contributed by atoms with Crippen molar-refractivity contribution in [3.8, 4) is 0 Å². The lowest BCUT2D eigenvalue weighted by molar-refractivity contribution is -0.933. The van der Waals surface area contributed by atoms with Crippen molar-refractivity contribution in [2.45, 2.75) is 11.0 Å². The van der Waals surface area contributed by atoms with Gasteiger partial charge < -0.3 is 15.0 Å². The summed E-state index contributed by atoms with van der Waals surface area (Å²) >= 11 is 17.8. The Morgan fingerprint density at radius 3 is 2.35 bits per heavy atom. The second-order valence-corrected chi connectivity index (χ2v) is 6.16. The Kier molecular flexibility index (Phi) is 5.93. The third kappa shape index (κ3) is 4.24. The van der Waals surface area contributed by atoms with Crippen LogP contribution in [0.4, 0.5) is 0 Å². The number of nitrogens with one attached hydrogen (secondary N) is 2. The van der Waals surface area contributed by atoms with Gasteiger partial charge in [0.15, 0.2) is 11.0 Å². The highest BCUT2D eigenvalue weighted by atomic mass is 35.5. The Bertz CT molecular complexity index is 447. The predicted octanol–water partition coefficient (Wildman–Crippen LogP) is 1.11. The number of quaternary nitrogens is 1. The molecule has 2 rings (SSSR count). The molecule has 1 atom stereocenters. The molecular formula is C13H16Cl3N2O2+. The number of ether oxygens (including phenoxy) is 1. The fourth-order valence-corrected chi connectivity index (χ4v) is 2.72. The van der Waals surface area contributed by atoms with Crippen molar-refractivity contribution in [3.05, 3.63) is 34.9 Å². The maximum Gasteiger partial charge on any atom is 0.255 e. The largest absolute Gasteiger partial charge is 0.370 e. The SMILES string of the molecule is O=C(N[C@H](C(Cl)Cl)[NH+]1CCOCC1)c1ccc(Cl)cc1. The number of alkyl halides is 2. The lowest BCUT2D eigenvalue weighted by atomic mass is 10.2. The molecule has 2 N–H and O–H groups in total. The number of hydrogen-bond donors (Lipinski definition) is 2. The predicted molar refractivity (Wildman–Crippen MR) is 79.7 cm³/mol. The topological polar surface area (TPSA) is 42.8 Å². The van der Waals surface area contributed by atoms with Crippen LogP contribution in [-0.2, 0) is 4.74 Å². The van der Waals surface area contributed by atoms with E-state index in [4.69, 9.17) is 39.5 Å². The molecule has 7 heteroatoms. The summed E-state index contributed by atoms with van der Waals surface area (Å²) in [6.45, 7) is 2.81. The van der Waals surface area contributed by atoms with Crippen molar-refractivity contribution in [2.24, 2.45) is 0 Å². The number of halogens is 3. The third-order valence-corrected chi connectivity index (χ3v) is 3.98. The van der Waals surface area contributed by atoms with Gasteiger partial charge in [0.2, 0.25) is 0 Å². The molecule has 0 aromatic heterocycles. The smallest absolute Gasteiger partial charge is 0.255 e. The van der Waals surface area contributed by atoms with E-state index in [1.165, 1.54) is 0 Å². The van der Waals surface area contributed by atoms with Crippen LogP contribution >= 0.6 is 34.8 Å². The zero-order chi connectivity index (χ0) is 14.5. The summed E-state index contributed by atoms with van der Waals surface area (Å²) in [7, 11) is 0. The first-order valence-electron chi connectivity index (χ1n) is 6.35. The van der Waals surface area contributed by atoms with Gasteiger partial charge in [0, 0.05) is 10.6 Å². The van der Waals surface area contributed by atoms with E-state index in [1.807, 2.05) is 0 Å². The molecule has 1 aliphatic rings. The molecule has 1 fully saturated rings. The Morgan fingerprint density at radius 2 is 1.80 bits per heavy atom. The Balaban J connectivity index is 2.03. The molecule has 1 heterocycles. The number of rotatable bonds is 4. The normalized spacial score (nSPS) is 18.0. The van der Waals surface area contributed by atoms with Gasteiger partial charge >= 0.3 is 0 Å². The van der Waals surface area contributed by atoms with E-state index in [0.717, 1.165) is 18.0 Å². The minimum Gasteiger partial charge on any atom is -0.370 e. The van der Waals surface area contributed by atoms with Crippen molar-refractivity contribution >= 4 is 40.7 Å². The van der Waals surface area contributed by atoms with Crippen LogP contribution in [0.25, 0.3) is 0 Å². The zero-order valence-corrected chi connectivity index (χ0v) is 13.0. The maximum absolute atomic E-state index is 12.2. The number of benzene rings is 1. The van der Waals surface area contributed by atoms with Gasteiger partial charge in [0.05, 0.1) is 13.2 Å². The van der Waals surface area contributed by atoms with Gasteiger partial charge in [-0.25, -0.2) is 0 Å². The van der Waals surface area contributed by atoms with Gasteiger partial charge in [-0.1, -0.05) is 34.8 Å². The average Bonchev–Trinajstić information content (AvgIpc) is 2.46. The first-order valence-corrected chi connectivity index (χ1v) is 7.60. The second-order valence-electron chi connectivity index (χ2n) is 4.56. The highest BCUT2D eigenvalue weighted by molar-refractivity contribution is 6.44. The van der Waals surface area contributed by atoms with Gasteiger partial charge in [-0.05, 0) is 24.3 Å². The maximum atomic E-state index is 12.2. The first kappa shape index (κ1) is 15.9. The molecule has 0 radical (unpaired) electrons. The first-order chi connectivity index (χ1) is 9.58. The van der Waals surface area contributed by atoms with Gasteiger partial charge in [-0.3, -0.25) is 4.79 Å². The molecule has 1 aliphatic heterocycles. The van der Waals surface area contributed by atoms with Crippen molar-refractivity contribution in [3.63, 3.8) is 0 Å². The molecule has 0 bridgehead atoms. The molecule has 1 amide bonds. The molecule has 4 nitrogen and oxygen atoms in total. The van der Waals surface area contributed by atoms with Crippen LogP contribution in [-0.4, -0.2) is 43.2 Å². The van der Waals surface area contributed by atoms with Crippen LogP contribution in [0, 0.1) is 0 Å².